The molecular formula is C27H24FN5O4S. The van der Waals surface area contributed by atoms with Gasteiger partial charge in [0.25, 0.3) is 5.56 Å². The maximum atomic E-state index is 13.8. The van der Waals surface area contributed by atoms with Crippen LogP contribution in [0.3, 0.4) is 0 Å². The van der Waals surface area contributed by atoms with E-state index >= 15 is 0 Å². The summed E-state index contributed by atoms with van der Waals surface area (Å²) >= 11 is 0. The summed E-state index contributed by atoms with van der Waals surface area (Å²) in [6.45, 7) is 3.93. The SMILES string of the molecule is CC1(C)CC(=O)C2=C(C1)N(c1ccc(S(N)(=O)=O)cc1)c1nc(CC#N)[nH]c(=O)c1C2c1ccc(F)cc1. The van der Waals surface area contributed by atoms with Gasteiger partial charge in [-0.3, -0.25) is 14.5 Å². The van der Waals surface area contributed by atoms with E-state index in [1.807, 2.05) is 19.9 Å². The van der Waals surface area contributed by atoms with Crippen molar-refractivity contribution in [3.63, 3.8) is 0 Å². The van der Waals surface area contributed by atoms with Crippen LogP contribution < -0.4 is 15.6 Å². The first-order valence-electron chi connectivity index (χ1n) is 11.8. The van der Waals surface area contributed by atoms with Crippen LogP contribution in [0.25, 0.3) is 0 Å². The van der Waals surface area contributed by atoms with E-state index in [4.69, 9.17) is 5.14 Å². The normalized spacial score (nSPS) is 18.6. The second-order valence-electron chi connectivity index (χ2n) is 10.2. The van der Waals surface area contributed by atoms with E-state index in [0.29, 0.717) is 28.9 Å². The third-order valence-corrected chi connectivity index (χ3v) is 7.74. The molecule has 5 rings (SSSR count). The molecule has 9 nitrogen and oxygen atoms in total. The summed E-state index contributed by atoms with van der Waals surface area (Å²) in [4.78, 5) is 36.1. The van der Waals surface area contributed by atoms with Crippen LogP contribution in [-0.2, 0) is 21.2 Å². The Morgan fingerprint density at radius 3 is 2.39 bits per heavy atom. The fraction of sp³-hybridized carbons (Fsp3) is 0.259. The number of ketones is 1. The van der Waals surface area contributed by atoms with E-state index in [2.05, 4.69) is 9.97 Å². The van der Waals surface area contributed by atoms with Gasteiger partial charge in [-0.05, 0) is 53.8 Å². The van der Waals surface area contributed by atoms with Gasteiger partial charge < -0.3 is 4.98 Å². The number of nitrogens with two attached hydrogens (primary N) is 1. The Morgan fingerprint density at radius 2 is 1.79 bits per heavy atom. The summed E-state index contributed by atoms with van der Waals surface area (Å²) in [5.74, 6) is -1.05. The number of hydrogen-bond acceptors (Lipinski definition) is 7. The molecule has 3 N–H and O–H groups in total. The number of sulfonamides is 1. The van der Waals surface area contributed by atoms with E-state index in [0.717, 1.165) is 0 Å². The van der Waals surface area contributed by atoms with Crippen LogP contribution in [-0.4, -0.2) is 24.2 Å². The Labute approximate surface area is 218 Å². The van der Waals surface area contributed by atoms with Gasteiger partial charge in [0.15, 0.2) is 5.78 Å². The molecule has 2 aromatic carbocycles. The van der Waals surface area contributed by atoms with Crippen molar-refractivity contribution in [1.82, 2.24) is 9.97 Å². The topological polar surface area (TPSA) is 150 Å². The zero-order chi connectivity index (χ0) is 27.4. The lowest BCUT2D eigenvalue weighted by atomic mass is 9.68. The summed E-state index contributed by atoms with van der Waals surface area (Å²) in [6.07, 6.45) is 0.539. The van der Waals surface area contributed by atoms with Crippen LogP contribution >= 0.6 is 0 Å². The monoisotopic (exact) mass is 533 g/mol. The van der Waals surface area contributed by atoms with Crippen molar-refractivity contribution >= 4 is 27.3 Å². The molecule has 2 aliphatic rings. The van der Waals surface area contributed by atoms with Crippen LogP contribution in [0.2, 0.25) is 0 Å². The molecule has 0 amide bonds. The number of halogens is 1. The second-order valence-corrected chi connectivity index (χ2v) is 11.8. The van der Waals surface area contributed by atoms with E-state index in [1.54, 1.807) is 17.0 Å². The molecular weight excluding hydrogens is 509 g/mol. The number of H-pyrrole nitrogens is 1. The number of primary sulfonamides is 1. The predicted molar refractivity (Wildman–Crippen MR) is 137 cm³/mol. The van der Waals surface area contributed by atoms with Crippen LogP contribution in [0.5, 0.6) is 0 Å². The second kappa shape index (κ2) is 9.01. The Bertz CT molecular complexity index is 1700. The Hall–Kier alpha value is -4.14. The first-order chi connectivity index (χ1) is 17.9. The van der Waals surface area contributed by atoms with Gasteiger partial charge in [-0.15, -0.1) is 0 Å². The van der Waals surface area contributed by atoms with Gasteiger partial charge in [-0.1, -0.05) is 26.0 Å². The molecule has 38 heavy (non-hydrogen) atoms. The number of Topliss-reactive ketones (excluding diaryl/α,β-unsaturated/α-hetero) is 1. The lowest BCUT2D eigenvalue weighted by molar-refractivity contribution is -0.118. The highest BCUT2D eigenvalue weighted by Gasteiger charge is 2.45. The molecule has 1 aliphatic heterocycles. The van der Waals surface area contributed by atoms with Crippen LogP contribution in [0.1, 0.15) is 49.6 Å². The molecule has 0 fully saturated rings. The Morgan fingerprint density at radius 1 is 1.13 bits per heavy atom. The van der Waals surface area contributed by atoms with Gasteiger partial charge in [0, 0.05) is 29.3 Å². The van der Waals surface area contributed by atoms with E-state index in [9.17, 15) is 27.7 Å². The quantitative estimate of drug-likeness (QED) is 0.521. The molecule has 1 unspecified atom stereocenters. The average Bonchev–Trinajstić information content (AvgIpc) is 2.82. The first-order valence-corrected chi connectivity index (χ1v) is 13.4. The molecule has 0 saturated carbocycles. The molecule has 3 aromatic rings. The number of aromatic amines is 1. The van der Waals surface area contributed by atoms with Crippen LogP contribution in [0.4, 0.5) is 15.9 Å². The van der Waals surface area contributed by atoms with Crippen molar-refractivity contribution in [2.75, 3.05) is 4.90 Å². The molecule has 0 saturated heterocycles. The third-order valence-electron chi connectivity index (χ3n) is 6.81. The number of hydrogen-bond donors (Lipinski definition) is 2. The van der Waals surface area contributed by atoms with E-state index in [1.165, 1.54) is 36.4 Å². The van der Waals surface area contributed by atoms with Crippen molar-refractivity contribution in [2.24, 2.45) is 10.6 Å². The van der Waals surface area contributed by atoms with Crippen molar-refractivity contribution < 1.29 is 17.6 Å². The zero-order valence-corrected chi connectivity index (χ0v) is 21.5. The van der Waals surface area contributed by atoms with Gasteiger partial charge >= 0.3 is 0 Å². The molecule has 194 valence electrons. The minimum Gasteiger partial charge on any atom is -0.309 e. The van der Waals surface area contributed by atoms with Gasteiger partial charge in [0.1, 0.15) is 17.5 Å². The van der Waals surface area contributed by atoms with Gasteiger partial charge in [0.2, 0.25) is 10.0 Å². The van der Waals surface area contributed by atoms with Gasteiger partial charge in [0.05, 0.1) is 22.9 Å². The van der Waals surface area contributed by atoms with E-state index in [-0.39, 0.29) is 40.7 Å². The first kappa shape index (κ1) is 25.5. The zero-order valence-electron chi connectivity index (χ0n) is 20.7. The van der Waals surface area contributed by atoms with Crippen molar-refractivity contribution in [2.45, 2.75) is 43.9 Å². The largest absolute Gasteiger partial charge is 0.309 e. The Kier molecular flexibility index (Phi) is 6.04. The lowest BCUT2D eigenvalue weighted by Crippen LogP contribution is -2.41. The number of allylic oxidation sites excluding steroid dienone is 2. The molecule has 1 aromatic heterocycles. The fourth-order valence-corrected chi connectivity index (χ4v) is 5.77. The van der Waals surface area contributed by atoms with Gasteiger partial charge in [-0.2, -0.15) is 5.26 Å². The fourth-order valence-electron chi connectivity index (χ4n) is 5.26. The summed E-state index contributed by atoms with van der Waals surface area (Å²) < 4.78 is 37.5. The standard InChI is InChI=1S/C27H24FN5O4S/c1-27(2)13-19-23(20(34)14-27)22(15-3-5-16(28)6-4-15)24-25(31-21(11-12-29)32-26(24)35)33(19)17-7-9-18(10-8-17)38(30,36)37/h3-10,22H,11,13-14H2,1-2H3,(H2,30,36,37)(H,31,32,35). The Balaban J connectivity index is 1.85. The molecule has 1 aliphatic carbocycles. The van der Waals surface area contributed by atoms with Crippen molar-refractivity contribution in [3.8, 4) is 6.07 Å². The number of anilines is 2. The maximum Gasteiger partial charge on any atom is 0.257 e. The predicted octanol–water partition coefficient (Wildman–Crippen LogP) is 3.55. The minimum absolute atomic E-state index is 0.0963. The molecule has 0 radical (unpaired) electrons. The average molecular weight is 534 g/mol. The smallest absolute Gasteiger partial charge is 0.257 e. The van der Waals surface area contributed by atoms with Crippen LogP contribution in [0.15, 0.2) is 69.5 Å². The van der Waals surface area contributed by atoms with Crippen molar-refractivity contribution in [1.29, 1.82) is 5.26 Å². The number of carbonyl (C=O) groups is 1. The number of nitrogens with zero attached hydrogens (tertiary/aromatic N) is 3. The highest BCUT2D eigenvalue weighted by atomic mass is 32.2. The number of rotatable bonds is 4. The van der Waals surface area contributed by atoms with Crippen LogP contribution in [0, 0.1) is 22.6 Å². The lowest BCUT2D eigenvalue weighted by Gasteiger charge is -2.44. The molecule has 2 heterocycles. The minimum atomic E-state index is -3.95. The molecule has 1 atom stereocenters. The number of nitrogens with one attached hydrogen (secondary N) is 1. The van der Waals surface area contributed by atoms with Gasteiger partial charge in [-0.25, -0.2) is 22.9 Å². The number of carbonyl (C=O) groups excluding carboxylic acids is 1. The number of nitriles is 1. The highest BCUT2D eigenvalue weighted by molar-refractivity contribution is 7.89. The number of fused-ring (bicyclic) bond motifs is 1. The summed E-state index contributed by atoms with van der Waals surface area (Å²) in [5.41, 5.74) is 1.27. The summed E-state index contributed by atoms with van der Waals surface area (Å²) in [6, 6.07) is 13.4. The summed E-state index contributed by atoms with van der Waals surface area (Å²) in [5, 5.41) is 14.5. The maximum absolute atomic E-state index is 13.8. The van der Waals surface area contributed by atoms with E-state index < -0.39 is 32.7 Å². The highest BCUT2D eigenvalue weighted by Crippen LogP contribution is 2.52. The van der Waals surface area contributed by atoms with Crippen molar-refractivity contribution in [3.05, 3.63) is 92.9 Å². The molecule has 0 spiro atoms. The molecule has 0 bridgehead atoms. The third kappa shape index (κ3) is 4.42. The summed E-state index contributed by atoms with van der Waals surface area (Å²) in [7, 11) is -3.95. The number of aromatic nitrogens is 2. The number of benzene rings is 2. The molecule has 11 heteroatoms.